The van der Waals surface area contributed by atoms with E-state index in [-0.39, 0.29) is 17.7 Å². The number of hydrogen-bond donors (Lipinski definition) is 0. The third-order valence-corrected chi connectivity index (χ3v) is 5.29. The number of piperidine rings is 1. The third-order valence-electron chi connectivity index (χ3n) is 5.29. The number of likely N-dealkylation sites (tertiary alicyclic amines) is 1. The molecule has 2 aromatic heterocycles. The number of hydrogen-bond acceptors (Lipinski definition) is 4. The summed E-state index contributed by atoms with van der Waals surface area (Å²) in [6.45, 7) is 1.16. The van der Waals surface area contributed by atoms with Crippen molar-refractivity contribution in [2.45, 2.75) is 12.8 Å². The smallest absolute Gasteiger partial charge is 0.254 e. The van der Waals surface area contributed by atoms with Gasteiger partial charge in [-0.15, -0.1) is 0 Å². The number of carbonyl (C=O) groups is 2. The molecule has 0 spiro atoms. The Morgan fingerprint density at radius 3 is 2.54 bits per heavy atom. The molecule has 1 aliphatic rings. The summed E-state index contributed by atoms with van der Waals surface area (Å²) in [6.07, 6.45) is 2.98. The Labute approximate surface area is 163 Å². The molecule has 4 rings (SSSR count). The molecule has 1 fully saturated rings. The predicted molar refractivity (Wildman–Crippen MR) is 107 cm³/mol. The van der Waals surface area contributed by atoms with Crippen molar-refractivity contribution in [1.29, 1.82) is 0 Å². The molecule has 2 amide bonds. The Bertz CT molecular complexity index is 1000. The topological polar surface area (TPSA) is 66.7 Å². The lowest BCUT2D eigenvalue weighted by Crippen LogP contribution is -2.42. The van der Waals surface area contributed by atoms with Crippen molar-refractivity contribution >= 4 is 22.7 Å². The van der Waals surface area contributed by atoms with Crippen molar-refractivity contribution in [1.82, 2.24) is 14.8 Å². The first kappa shape index (κ1) is 18.2. The van der Waals surface area contributed by atoms with Gasteiger partial charge in [-0.25, -0.2) is 4.98 Å². The van der Waals surface area contributed by atoms with Gasteiger partial charge in [0.25, 0.3) is 5.91 Å². The average Bonchev–Trinajstić information content (AvgIpc) is 3.27. The SMILES string of the molecule is CN(C)C(=O)C1CCN(C(=O)c2cc(-c3ccco3)nc3ccccc23)CC1. The zero-order valence-electron chi connectivity index (χ0n) is 16.1. The van der Waals surface area contributed by atoms with Gasteiger partial charge in [0.2, 0.25) is 5.91 Å². The van der Waals surface area contributed by atoms with E-state index in [0.29, 0.717) is 42.9 Å². The molecule has 0 saturated carbocycles. The maximum atomic E-state index is 13.3. The van der Waals surface area contributed by atoms with E-state index in [0.717, 1.165) is 10.9 Å². The van der Waals surface area contributed by atoms with Crippen molar-refractivity contribution in [3.8, 4) is 11.5 Å². The highest BCUT2D eigenvalue weighted by Crippen LogP contribution is 2.28. The first-order valence-corrected chi connectivity index (χ1v) is 9.48. The number of fused-ring (bicyclic) bond motifs is 1. The molecule has 3 heterocycles. The molecular weight excluding hydrogens is 354 g/mol. The Kier molecular flexibility index (Phi) is 4.86. The van der Waals surface area contributed by atoms with Crippen LogP contribution >= 0.6 is 0 Å². The minimum absolute atomic E-state index is 0.00749. The number of amides is 2. The standard InChI is InChI=1S/C22H23N3O3/c1-24(2)21(26)15-9-11-25(12-10-15)22(27)17-14-19(20-8-5-13-28-20)23-18-7-4-3-6-16(17)18/h3-8,13-15H,9-12H2,1-2H3. The van der Waals surface area contributed by atoms with Crippen LogP contribution in [0.3, 0.4) is 0 Å². The monoisotopic (exact) mass is 377 g/mol. The van der Waals surface area contributed by atoms with Gasteiger partial charge in [0.15, 0.2) is 5.76 Å². The summed E-state index contributed by atoms with van der Waals surface area (Å²) in [5, 5.41) is 0.828. The van der Waals surface area contributed by atoms with Gasteiger partial charge in [-0.1, -0.05) is 18.2 Å². The maximum Gasteiger partial charge on any atom is 0.254 e. The van der Waals surface area contributed by atoms with E-state index in [4.69, 9.17) is 4.42 Å². The number of carbonyl (C=O) groups excluding carboxylic acids is 2. The van der Waals surface area contributed by atoms with Gasteiger partial charge in [0.05, 0.1) is 17.3 Å². The summed E-state index contributed by atoms with van der Waals surface area (Å²) >= 11 is 0. The molecule has 0 radical (unpaired) electrons. The lowest BCUT2D eigenvalue weighted by molar-refractivity contribution is -0.134. The largest absolute Gasteiger partial charge is 0.463 e. The molecular formula is C22H23N3O3. The number of nitrogens with zero attached hydrogens (tertiary/aromatic N) is 3. The van der Waals surface area contributed by atoms with Crippen molar-refractivity contribution in [2.75, 3.05) is 27.2 Å². The molecule has 0 bridgehead atoms. The zero-order valence-corrected chi connectivity index (χ0v) is 16.1. The van der Waals surface area contributed by atoms with Gasteiger partial charge in [-0.05, 0) is 37.1 Å². The Morgan fingerprint density at radius 1 is 1.11 bits per heavy atom. The third kappa shape index (κ3) is 3.38. The molecule has 6 heteroatoms. The molecule has 0 N–H and O–H groups in total. The Balaban J connectivity index is 1.63. The zero-order chi connectivity index (χ0) is 19.7. The number of pyridine rings is 1. The van der Waals surface area contributed by atoms with Crippen LogP contribution in [-0.2, 0) is 4.79 Å². The van der Waals surface area contributed by atoms with E-state index in [1.54, 1.807) is 37.4 Å². The van der Waals surface area contributed by atoms with Crippen molar-refractivity contribution in [3.05, 3.63) is 54.3 Å². The highest BCUT2D eigenvalue weighted by atomic mass is 16.3. The van der Waals surface area contributed by atoms with E-state index >= 15 is 0 Å². The normalized spacial score (nSPS) is 15.0. The van der Waals surface area contributed by atoms with Crippen molar-refractivity contribution in [3.63, 3.8) is 0 Å². The minimum Gasteiger partial charge on any atom is -0.463 e. The van der Waals surface area contributed by atoms with Crippen LogP contribution in [0.2, 0.25) is 0 Å². The maximum absolute atomic E-state index is 13.3. The first-order valence-electron chi connectivity index (χ1n) is 9.48. The predicted octanol–water partition coefficient (Wildman–Crippen LogP) is 3.44. The van der Waals surface area contributed by atoms with Crippen molar-refractivity contribution in [2.24, 2.45) is 5.92 Å². The van der Waals surface area contributed by atoms with Gasteiger partial charge in [0, 0.05) is 38.5 Å². The summed E-state index contributed by atoms with van der Waals surface area (Å²) in [5.41, 5.74) is 2.02. The van der Waals surface area contributed by atoms with Crippen LogP contribution in [0.5, 0.6) is 0 Å². The Morgan fingerprint density at radius 2 is 1.86 bits per heavy atom. The Hall–Kier alpha value is -3.15. The van der Waals surface area contributed by atoms with E-state index in [9.17, 15) is 9.59 Å². The van der Waals surface area contributed by atoms with Gasteiger partial charge >= 0.3 is 0 Å². The number of benzene rings is 1. The van der Waals surface area contributed by atoms with Gasteiger partial charge in [0.1, 0.15) is 5.69 Å². The molecule has 1 aliphatic heterocycles. The second-order valence-corrected chi connectivity index (χ2v) is 7.35. The second-order valence-electron chi connectivity index (χ2n) is 7.35. The number of aromatic nitrogens is 1. The molecule has 1 saturated heterocycles. The summed E-state index contributed by atoms with van der Waals surface area (Å²) < 4.78 is 5.48. The van der Waals surface area contributed by atoms with Gasteiger partial charge < -0.3 is 14.2 Å². The number of furan rings is 1. The van der Waals surface area contributed by atoms with Crippen LogP contribution in [0.4, 0.5) is 0 Å². The van der Waals surface area contributed by atoms with Gasteiger partial charge in [-0.2, -0.15) is 0 Å². The summed E-state index contributed by atoms with van der Waals surface area (Å²) in [4.78, 5) is 33.6. The highest BCUT2D eigenvalue weighted by Gasteiger charge is 2.29. The van der Waals surface area contributed by atoms with E-state index in [1.807, 2.05) is 35.2 Å². The average molecular weight is 377 g/mol. The fourth-order valence-electron chi connectivity index (χ4n) is 3.77. The lowest BCUT2D eigenvalue weighted by Gasteiger charge is -2.32. The van der Waals surface area contributed by atoms with Crippen LogP contribution in [-0.4, -0.2) is 53.8 Å². The fourth-order valence-corrected chi connectivity index (χ4v) is 3.77. The van der Waals surface area contributed by atoms with Crippen molar-refractivity contribution < 1.29 is 14.0 Å². The number of para-hydroxylation sites is 1. The van der Waals surface area contributed by atoms with Crippen LogP contribution in [0, 0.1) is 5.92 Å². The van der Waals surface area contributed by atoms with E-state index in [2.05, 4.69) is 4.98 Å². The number of rotatable bonds is 3. The lowest BCUT2D eigenvalue weighted by atomic mass is 9.94. The summed E-state index contributed by atoms with van der Waals surface area (Å²) in [6, 6.07) is 13.1. The molecule has 28 heavy (non-hydrogen) atoms. The minimum atomic E-state index is -0.0258. The second kappa shape index (κ2) is 7.46. The van der Waals surface area contributed by atoms with Crippen LogP contribution < -0.4 is 0 Å². The molecule has 0 unspecified atom stereocenters. The van der Waals surface area contributed by atoms with E-state index < -0.39 is 0 Å². The quantitative estimate of drug-likeness (QED) is 0.701. The summed E-state index contributed by atoms with van der Waals surface area (Å²) in [5.74, 6) is 0.741. The molecule has 0 aliphatic carbocycles. The molecule has 0 atom stereocenters. The fraction of sp³-hybridized carbons (Fsp3) is 0.318. The molecule has 1 aromatic carbocycles. The van der Waals surface area contributed by atoms with E-state index in [1.165, 1.54) is 0 Å². The molecule has 3 aromatic rings. The highest BCUT2D eigenvalue weighted by molar-refractivity contribution is 6.07. The summed E-state index contributed by atoms with van der Waals surface area (Å²) in [7, 11) is 3.55. The molecule has 6 nitrogen and oxygen atoms in total. The van der Waals surface area contributed by atoms with Crippen LogP contribution in [0.1, 0.15) is 23.2 Å². The van der Waals surface area contributed by atoms with Crippen LogP contribution in [0.15, 0.2) is 53.1 Å². The van der Waals surface area contributed by atoms with Crippen LogP contribution in [0.25, 0.3) is 22.4 Å². The first-order chi connectivity index (χ1) is 13.5. The van der Waals surface area contributed by atoms with Gasteiger partial charge in [-0.3, -0.25) is 9.59 Å². The molecule has 144 valence electrons.